The van der Waals surface area contributed by atoms with E-state index < -0.39 is 6.04 Å². The van der Waals surface area contributed by atoms with Crippen molar-refractivity contribution in [2.24, 2.45) is 0 Å². The first-order valence-corrected chi connectivity index (χ1v) is 6.83. The van der Waals surface area contributed by atoms with Gasteiger partial charge in [-0.2, -0.15) is 0 Å². The molecule has 0 saturated carbocycles. The van der Waals surface area contributed by atoms with Gasteiger partial charge in [0.15, 0.2) is 0 Å². The highest BCUT2D eigenvalue weighted by molar-refractivity contribution is 6.00. The van der Waals surface area contributed by atoms with Crippen LogP contribution in [0.15, 0.2) is 24.3 Å². The zero-order valence-electron chi connectivity index (χ0n) is 12.1. The number of hydrogen-bond donors (Lipinski definition) is 0. The Morgan fingerprint density at radius 2 is 1.95 bits per heavy atom. The van der Waals surface area contributed by atoms with Gasteiger partial charge in [-0.1, -0.05) is 6.92 Å². The molecule has 0 radical (unpaired) electrons. The van der Waals surface area contributed by atoms with E-state index >= 15 is 0 Å². The number of carbonyl (C=O) groups is 2. The van der Waals surface area contributed by atoms with Gasteiger partial charge in [0.1, 0.15) is 11.8 Å². The molecule has 0 spiro atoms. The lowest BCUT2D eigenvalue weighted by molar-refractivity contribution is -0.140. The first-order chi connectivity index (χ1) is 9.58. The Morgan fingerprint density at radius 3 is 2.50 bits per heavy atom. The van der Waals surface area contributed by atoms with E-state index in [0.29, 0.717) is 19.5 Å². The van der Waals surface area contributed by atoms with Crippen LogP contribution in [0.5, 0.6) is 5.75 Å². The van der Waals surface area contributed by atoms with E-state index in [9.17, 15) is 9.59 Å². The van der Waals surface area contributed by atoms with Crippen LogP contribution in [-0.4, -0.2) is 43.0 Å². The Balaban J connectivity index is 2.15. The number of methoxy groups -OCH3 is 1. The van der Waals surface area contributed by atoms with Crippen LogP contribution in [0.3, 0.4) is 0 Å². The molecule has 0 aromatic heterocycles. The second kappa shape index (κ2) is 5.94. The lowest BCUT2D eigenvalue weighted by atomic mass is 10.1. The summed E-state index contributed by atoms with van der Waals surface area (Å²) in [4.78, 5) is 27.6. The second-order valence-corrected chi connectivity index (χ2v) is 4.80. The van der Waals surface area contributed by atoms with E-state index in [1.165, 1.54) is 0 Å². The molecule has 1 saturated heterocycles. The monoisotopic (exact) mass is 276 g/mol. The fourth-order valence-electron chi connectivity index (χ4n) is 2.43. The minimum Gasteiger partial charge on any atom is -0.497 e. The fraction of sp³-hybridized carbons (Fsp3) is 0.467. The SMILES string of the molecule is CCC(=O)N1CCN(c2ccc(OC)cc2)C(=O)C1C. The highest BCUT2D eigenvalue weighted by atomic mass is 16.5. The van der Waals surface area contributed by atoms with E-state index in [2.05, 4.69) is 0 Å². The number of rotatable bonds is 3. The van der Waals surface area contributed by atoms with Crippen molar-refractivity contribution in [1.29, 1.82) is 0 Å². The summed E-state index contributed by atoms with van der Waals surface area (Å²) in [5.74, 6) is 0.748. The topological polar surface area (TPSA) is 49.9 Å². The second-order valence-electron chi connectivity index (χ2n) is 4.80. The van der Waals surface area contributed by atoms with Crippen LogP contribution >= 0.6 is 0 Å². The van der Waals surface area contributed by atoms with Gasteiger partial charge in [-0.3, -0.25) is 9.59 Å². The summed E-state index contributed by atoms with van der Waals surface area (Å²) in [6, 6.07) is 6.98. The quantitative estimate of drug-likeness (QED) is 0.844. The van der Waals surface area contributed by atoms with Gasteiger partial charge in [-0.25, -0.2) is 0 Å². The largest absolute Gasteiger partial charge is 0.497 e. The average Bonchev–Trinajstić information content (AvgIpc) is 2.49. The van der Waals surface area contributed by atoms with Crippen molar-refractivity contribution in [3.05, 3.63) is 24.3 Å². The summed E-state index contributed by atoms with van der Waals surface area (Å²) in [6.45, 7) is 4.70. The van der Waals surface area contributed by atoms with Crippen LogP contribution in [0.4, 0.5) is 5.69 Å². The number of benzene rings is 1. The van der Waals surface area contributed by atoms with Gasteiger partial charge < -0.3 is 14.5 Å². The number of nitrogens with zero attached hydrogens (tertiary/aromatic N) is 2. The van der Waals surface area contributed by atoms with Crippen molar-refractivity contribution in [3.63, 3.8) is 0 Å². The Labute approximate surface area is 119 Å². The number of carbonyl (C=O) groups excluding carboxylic acids is 2. The van der Waals surface area contributed by atoms with E-state index in [1.807, 2.05) is 31.2 Å². The number of hydrogen-bond acceptors (Lipinski definition) is 3. The maximum Gasteiger partial charge on any atom is 0.249 e. The van der Waals surface area contributed by atoms with Crippen molar-refractivity contribution < 1.29 is 14.3 Å². The van der Waals surface area contributed by atoms with Gasteiger partial charge in [0.25, 0.3) is 0 Å². The number of amides is 2. The van der Waals surface area contributed by atoms with Crippen molar-refractivity contribution in [2.45, 2.75) is 26.3 Å². The molecule has 1 aromatic carbocycles. The highest BCUT2D eigenvalue weighted by Gasteiger charge is 2.34. The van der Waals surface area contributed by atoms with E-state index in [4.69, 9.17) is 4.74 Å². The van der Waals surface area contributed by atoms with Crippen LogP contribution in [0.1, 0.15) is 20.3 Å². The van der Waals surface area contributed by atoms with Gasteiger partial charge in [-0.15, -0.1) is 0 Å². The summed E-state index contributed by atoms with van der Waals surface area (Å²) in [6.07, 6.45) is 0.431. The summed E-state index contributed by atoms with van der Waals surface area (Å²) < 4.78 is 5.11. The molecule has 1 aliphatic rings. The van der Waals surface area contributed by atoms with Crippen LogP contribution in [0.2, 0.25) is 0 Å². The van der Waals surface area contributed by atoms with Gasteiger partial charge in [-0.05, 0) is 31.2 Å². The molecular formula is C15H20N2O3. The normalized spacial score (nSPS) is 19.1. The molecule has 20 heavy (non-hydrogen) atoms. The fourth-order valence-corrected chi connectivity index (χ4v) is 2.43. The standard InChI is InChI=1S/C15H20N2O3/c1-4-14(18)16-9-10-17(15(19)11(16)2)12-5-7-13(20-3)8-6-12/h5-8,11H,4,9-10H2,1-3H3. The Hall–Kier alpha value is -2.04. The average molecular weight is 276 g/mol. The third-order valence-electron chi connectivity index (χ3n) is 3.66. The molecule has 2 amide bonds. The molecule has 1 aliphatic heterocycles. The third kappa shape index (κ3) is 2.61. The molecule has 5 heteroatoms. The molecule has 0 N–H and O–H groups in total. The predicted molar refractivity (Wildman–Crippen MR) is 76.8 cm³/mol. The first-order valence-electron chi connectivity index (χ1n) is 6.83. The first kappa shape index (κ1) is 14.4. The van der Waals surface area contributed by atoms with Crippen molar-refractivity contribution >= 4 is 17.5 Å². The van der Waals surface area contributed by atoms with E-state index in [0.717, 1.165) is 11.4 Å². The lowest BCUT2D eigenvalue weighted by Gasteiger charge is -2.39. The molecule has 2 rings (SSSR count). The Bertz CT molecular complexity index is 498. The molecule has 1 fully saturated rings. The number of piperazine rings is 1. The molecular weight excluding hydrogens is 256 g/mol. The molecule has 1 unspecified atom stereocenters. The number of ether oxygens (including phenoxy) is 1. The van der Waals surface area contributed by atoms with Crippen molar-refractivity contribution in [1.82, 2.24) is 4.90 Å². The van der Waals surface area contributed by atoms with Crippen molar-refractivity contribution in [3.8, 4) is 5.75 Å². The predicted octanol–water partition coefficient (Wildman–Crippen LogP) is 1.67. The van der Waals surface area contributed by atoms with Crippen LogP contribution in [0, 0.1) is 0 Å². The third-order valence-corrected chi connectivity index (χ3v) is 3.66. The molecule has 5 nitrogen and oxygen atoms in total. The zero-order valence-corrected chi connectivity index (χ0v) is 12.1. The number of anilines is 1. The van der Waals surface area contributed by atoms with Crippen LogP contribution in [-0.2, 0) is 9.59 Å². The Morgan fingerprint density at radius 1 is 1.30 bits per heavy atom. The van der Waals surface area contributed by atoms with Crippen molar-refractivity contribution in [2.75, 3.05) is 25.1 Å². The minimum atomic E-state index is -0.404. The van der Waals surface area contributed by atoms with Gasteiger partial charge in [0.05, 0.1) is 7.11 Å². The molecule has 0 bridgehead atoms. The maximum absolute atomic E-state index is 12.4. The zero-order chi connectivity index (χ0) is 14.7. The van der Waals surface area contributed by atoms with E-state index in [1.54, 1.807) is 23.8 Å². The lowest BCUT2D eigenvalue weighted by Crippen LogP contribution is -2.57. The van der Waals surface area contributed by atoms with Gasteiger partial charge in [0.2, 0.25) is 11.8 Å². The smallest absolute Gasteiger partial charge is 0.249 e. The van der Waals surface area contributed by atoms with Gasteiger partial charge in [0, 0.05) is 25.2 Å². The molecule has 1 heterocycles. The van der Waals surface area contributed by atoms with Gasteiger partial charge >= 0.3 is 0 Å². The maximum atomic E-state index is 12.4. The summed E-state index contributed by atoms with van der Waals surface area (Å²) >= 11 is 0. The molecule has 108 valence electrons. The minimum absolute atomic E-state index is 0.0280. The molecule has 1 aromatic rings. The summed E-state index contributed by atoms with van der Waals surface area (Å²) in [7, 11) is 1.61. The Kier molecular flexibility index (Phi) is 4.27. The van der Waals surface area contributed by atoms with E-state index in [-0.39, 0.29) is 11.8 Å². The molecule has 1 atom stereocenters. The summed E-state index contributed by atoms with van der Waals surface area (Å²) in [5, 5.41) is 0. The highest BCUT2D eigenvalue weighted by Crippen LogP contribution is 2.23. The van der Waals surface area contributed by atoms with Crippen LogP contribution in [0.25, 0.3) is 0 Å². The van der Waals surface area contributed by atoms with Crippen LogP contribution < -0.4 is 9.64 Å². The molecule has 0 aliphatic carbocycles. The summed E-state index contributed by atoms with van der Waals surface area (Å²) in [5.41, 5.74) is 0.839.